The largest absolute Gasteiger partial charge is 0.497 e. The predicted octanol–water partition coefficient (Wildman–Crippen LogP) is 2.96. The summed E-state index contributed by atoms with van der Waals surface area (Å²) >= 11 is 1.31. The zero-order chi connectivity index (χ0) is 23.2. The third-order valence-electron chi connectivity index (χ3n) is 5.26. The van der Waals surface area contributed by atoms with Gasteiger partial charge in [0.15, 0.2) is 11.0 Å². The lowest BCUT2D eigenvalue weighted by atomic mass is 10.2. The van der Waals surface area contributed by atoms with Crippen molar-refractivity contribution < 1.29 is 19.1 Å². The average molecular weight is 468 g/mol. The summed E-state index contributed by atoms with van der Waals surface area (Å²) in [6, 6.07) is 14.1. The number of benzene rings is 2. The summed E-state index contributed by atoms with van der Waals surface area (Å²) in [4.78, 5) is 23.7. The standard InChI is InChI=1S/C23H25N5O4S/c1-31-18-10-6-16(7-11-18)22-26-27-23(28(22)13-19-3-2-12-32-19)33-14-20(29)25-17-8-4-15(5-9-17)21(24)30/h4-11,19H,2-3,12-14H2,1H3,(H2,24,30)(H,25,29). The van der Waals surface area contributed by atoms with Crippen molar-refractivity contribution in [1.29, 1.82) is 0 Å². The number of carbonyl (C=O) groups is 2. The van der Waals surface area contributed by atoms with Gasteiger partial charge < -0.3 is 20.5 Å². The Bertz CT molecular complexity index is 1110. The molecule has 9 nitrogen and oxygen atoms in total. The van der Waals surface area contributed by atoms with Gasteiger partial charge in [0, 0.05) is 23.4 Å². The minimum atomic E-state index is -0.512. The molecule has 1 aromatic heterocycles. The molecule has 172 valence electrons. The highest BCUT2D eigenvalue weighted by molar-refractivity contribution is 7.99. The lowest BCUT2D eigenvalue weighted by molar-refractivity contribution is -0.113. The molecule has 3 aromatic rings. The van der Waals surface area contributed by atoms with Gasteiger partial charge in [0.1, 0.15) is 5.75 Å². The van der Waals surface area contributed by atoms with Crippen LogP contribution in [0.2, 0.25) is 0 Å². The first-order chi connectivity index (χ1) is 16.0. The Morgan fingerprint density at radius 1 is 1.18 bits per heavy atom. The predicted molar refractivity (Wildman–Crippen MR) is 125 cm³/mol. The molecule has 2 amide bonds. The number of primary amides is 1. The van der Waals surface area contributed by atoms with E-state index in [0.717, 1.165) is 36.6 Å². The molecule has 2 aromatic carbocycles. The first kappa shape index (κ1) is 22.8. The highest BCUT2D eigenvalue weighted by Gasteiger charge is 2.22. The van der Waals surface area contributed by atoms with Crippen LogP contribution in [0, 0.1) is 0 Å². The summed E-state index contributed by atoms with van der Waals surface area (Å²) in [6.45, 7) is 1.37. The van der Waals surface area contributed by atoms with Crippen LogP contribution in [-0.2, 0) is 16.1 Å². The molecular formula is C23H25N5O4S. The average Bonchev–Trinajstić information content (AvgIpc) is 3.48. The zero-order valence-electron chi connectivity index (χ0n) is 18.2. The van der Waals surface area contributed by atoms with E-state index >= 15 is 0 Å². The Morgan fingerprint density at radius 3 is 2.58 bits per heavy atom. The maximum Gasteiger partial charge on any atom is 0.248 e. The van der Waals surface area contributed by atoms with Crippen molar-refractivity contribution in [3.05, 3.63) is 54.1 Å². The molecule has 0 spiro atoms. The molecule has 0 aliphatic carbocycles. The lowest BCUT2D eigenvalue weighted by Crippen LogP contribution is -2.18. The smallest absolute Gasteiger partial charge is 0.248 e. The van der Waals surface area contributed by atoms with E-state index in [0.29, 0.717) is 23.0 Å². The van der Waals surface area contributed by atoms with E-state index in [2.05, 4.69) is 15.5 Å². The quantitative estimate of drug-likeness (QED) is 0.464. The molecule has 2 heterocycles. The zero-order valence-corrected chi connectivity index (χ0v) is 19.0. The summed E-state index contributed by atoms with van der Waals surface area (Å²) in [5.41, 5.74) is 7.13. The third kappa shape index (κ3) is 5.71. The fraction of sp³-hybridized carbons (Fsp3) is 0.304. The Balaban J connectivity index is 1.47. The van der Waals surface area contributed by atoms with Crippen molar-refractivity contribution in [2.45, 2.75) is 30.6 Å². The van der Waals surface area contributed by atoms with Gasteiger partial charge in [-0.05, 0) is 61.4 Å². The van der Waals surface area contributed by atoms with E-state index in [9.17, 15) is 9.59 Å². The first-order valence-electron chi connectivity index (χ1n) is 10.5. The summed E-state index contributed by atoms with van der Waals surface area (Å²) in [5.74, 6) is 0.937. The van der Waals surface area contributed by atoms with Gasteiger partial charge >= 0.3 is 0 Å². The second-order valence-corrected chi connectivity index (χ2v) is 8.50. The molecule has 0 radical (unpaired) electrons. The topological polar surface area (TPSA) is 121 Å². The molecule has 33 heavy (non-hydrogen) atoms. The van der Waals surface area contributed by atoms with Crippen LogP contribution in [0.1, 0.15) is 23.2 Å². The van der Waals surface area contributed by atoms with Crippen LogP contribution in [0.5, 0.6) is 5.75 Å². The van der Waals surface area contributed by atoms with Crippen molar-refractivity contribution in [2.75, 3.05) is 24.8 Å². The number of anilines is 1. The van der Waals surface area contributed by atoms with E-state index in [-0.39, 0.29) is 17.8 Å². The number of carbonyl (C=O) groups excluding carboxylic acids is 2. The third-order valence-corrected chi connectivity index (χ3v) is 6.23. The van der Waals surface area contributed by atoms with Crippen LogP contribution in [0.15, 0.2) is 53.7 Å². The number of thioether (sulfide) groups is 1. The minimum absolute atomic E-state index is 0.0925. The van der Waals surface area contributed by atoms with Crippen molar-refractivity contribution in [3.8, 4) is 17.1 Å². The number of rotatable bonds is 9. The number of aromatic nitrogens is 3. The first-order valence-corrected chi connectivity index (χ1v) is 11.5. The SMILES string of the molecule is COc1ccc(-c2nnc(SCC(=O)Nc3ccc(C(N)=O)cc3)n2CC2CCCO2)cc1. The normalized spacial score (nSPS) is 15.4. The van der Waals surface area contributed by atoms with Crippen LogP contribution < -0.4 is 15.8 Å². The maximum absolute atomic E-state index is 12.5. The molecule has 1 atom stereocenters. The Hall–Kier alpha value is -3.37. The van der Waals surface area contributed by atoms with Gasteiger partial charge in [0.25, 0.3) is 0 Å². The van der Waals surface area contributed by atoms with Crippen molar-refractivity contribution in [2.24, 2.45) is 5.73 Å². The number of methoxy groups -OCH3 is 1. The number of ether oxygens (including phenoxy) is 2. The van der Waals surface area contributed by atoms with Gasteiger partial charge in [-0.1, -0.05) is 11.8 Å². The molecule has 1 fully saturated rings. The van der Waals surface area contributed by atoms with Gasteiger partial charge in [-0.15, -0.1) is 10.2 Å². The van der Waals surface area contributed by atoms with Crippen LogP contribution in [0.25, 0.3) is 11.4 Å². The fourth-order valence-electron chi connectivity index (χ4n) is 3.55. The van der Waals surface area contributed by atoms with E-state index in [1.54, 1.807) is 31.4 Å². The van der Waals surface area contributed by atoms with E-state index in [1.165, 1.54) is 11.8 Å². The van der Waals surface area contributed by atoms with Gasteiger partial charge in [-0.2, -0.15) is 0 Å². The van der Waals surface area contributed by atoms with Crippen molar-refractivity contribution >= 4 is 29.3 Å². The summed E-state index contributed by atoms with van der Waals surface area (Å²) in [7, 11) is 1.63. The Kier molecular flexibility index (Phi) is 7.26. The lowest BCUT2D eigenvalue weighted by Gasteiger charge is -2.15. The number of nitrogens with two attached hydrogens (primary N) is 1. The van der Waals surface area contributed by atoms with Gasteiger partial charge in [0.2, 0.25) is 11.8 Å². The maximum atomic E-state index is 12.5. The highest BCUT2D eigenvalue weighted by Crippen LogP contribution is 2.28. The van der Waals surface area contributed by atoms with Crippen LogP contribution in [-0.4, -0.2) is 52.2 Å². The highest BCUT2D eigenvalue weighted by atomic mass is 32.2. The second-order valence-electron chi connectivity index (χ2n) is 7.56. The van der Waals surface area contributed by atoms with Crippen LogP contribution in [0.4, 0.5) is 5.69 Å². The minimum Gasteiger partial charge on any atom is -0.497 e. The molecule has 1 unspecified atom stereocenters. The molecule has 1 aliphatic rings. The van der Waals surface area contributed by atoms with E-state index in [1.807, 2.05) is 28.8 Å². The van der Waals surface area contributed by atoms with Crippen molar-refractivity contribution in [3.63, 3.8) is 0 Å². The van der Waals surface area contributed by atoms with Crippen LogP contribution >= 0.6 is 11.8 Å². The molecule has 10 heteroatoms. The fourth-order valence-corrected chi connectivity index (χ4v) is 4.30. The molecular weight excluding hydrogens is 442 g/mol. The molecule has 0 saturated carbocycles. The molecule has 3 N–H and O–H groups in total. The second kappa shape index (κ2) is 10.5. The monoisotopic (exact) mass is 467 g/mol. The molecule has 0 bridgehead atoms. The van der Waals surface area contributed by atoms with Gasteiger partial charge in [-0.3, -0.25) is 14.2 Å². The molecule has 1 aliphatic heterocycles. The van der Waals surface area contributed by atoms with Crippen LogP contribution in [0.3, 0.4) is 0 Å². The van der Waals surface area contributed by atoms with Crippen molar-refractivity contribution in [1.82, 2.24) is 14.8 Å². The van der Waals surface area contributed by atoms with E-state index in [4.69, 9.17) is 15.2 Å². The summed E-state index contributed by atoms with van der Waals surface area (Å²) < 4.78 is 13.1. The number of nitrogens with one attached hydrogen (secondary N) is 1. The Morgan fingerprint density at radius 2 is 1.94 bits per heavy atom. The summed E-state index contributed by atoms with van der Waals surface area (Å²) in [5, 5.41) is 12.2. The van der Waals surface area contributed by atoms with E-state index < -0.39 is 5.91 Å². The van der Waals surface area contributed by atoms with Gasteiger partial charge in [0.05, 0.1) is 25.5 Å². The number of hydrogen-bond donors (Lipinski definition) is 2. The van der Waals surface area contributed by atoms with Gasteiger partial charge in [-0.25, -0.2) is 0 Å². The molecule has 4 rings (SSSR count). The molecule has 1 saturated heterocycles. The Labute approximate surface area is 195 Å². The summed E-state index contributed by atoms with van der Waals surface area (Å²) in [6.07, 6.45) is 2.10. The number of amides is 2. The number of nitrogens with zero attached hydrogens (tertiary/aromatic N) is 3. The number of hydrogen-bond acceptors (Lipinski definition) is 7.